The summed E-state index contributed by atoms with van der Waals surface area (Å²) in [5, 5.41) is 2.49. The normalized spacial score (nSPS) is 13.7. The Morgan fingerprint density at radius 3 is 2.45 bits per heavy atom. The summed E-state index contributed by atoms with van der Waals surface area (Å²) >= 11 is 0. The molecular formula is C28H32F2N4O4. The molecule has 8 nitrogen and oxygen atoms in total. The fourth-order valence-corrected chi connectivity index (χ4v) is 4.18. The highest BCUT2D eigenvalue weighted by atomic mass is 19.1. The van der Waals surface area contributed by atoms with E-state index in [9.17, 15) is 18.4 Å². The maximum atomic E-state index is 14.2. The van der Waals surface area contributed by atoms with Crippen LogP contribution in [0.3, 0.4) is 0 Å². The van der Waals surface area contributed by atoms with Crippen molar-refractivity contribution in [2.75, 3.05) is 57.8 Å². The summed E-state index contributed by atoms with van der Waals surface area (Å²) in [4.78, 5) is 31.9. The Balaban J connectivity index is 1.47. The minimum absolute atomic E-state index is 0.156. The molecule has 1 aromatic heterocycles. The van der Waals surface area contributed by atoms with Gasteiger partial charge in [-0.15, -0.1) is 0 Å². The van der Waals surface area contributed by atoms with Gasteiger partial charge in [0.25, 0.3) is 0 Å². The van der Waals surface area contributed by atoms with Crippen molar-refractivity contribution in [1.82, 2.24) is 14.7 Å². The number of benzene rings is 2. The van der Waals surface area contributed by atoms with Crippen LogP contribution in [0.5, 0.6) is 0 Å². The molecule has 0 aliphatic carbocycles. The molecule has 3 amide bonds. The van der Waals surface area contributed by atoms with Crippen LogP contribution in [0.1, 0.15) is 11.3 Å². The fourth-order valence-electron chi connectivity index (χ4n) is 4.18. The van der Waals surface area contributed by atoms with Gasteiger partial charge in [-0.25, -0.2) is 13.6 Å². The average Bonchev–Trinajstić information content (AvgIpc) is 3.45. The highest BCUT2D eigenvalue weighted by molar-refractivity contribution is 5.92. The molecule has 2 heterocycles. The lowest BCUT2D eigenvalue weighted by molar-refractivity contribution is -0.132. The Morgan fingerprint density at radius 2 is 1.74 bits per heavy atom. The lowest BCUT2D eigenvalue weighted by Crippen LogP contribution is -2.48. The van der Waals surface area contributed by atoms with Gasteiger partial charge in [0.1, 0.15) is 23.9 Å². The number of anilines is 1. The second-order valence-electron chi connectivity index (χ2n) is 9.06. The van der Waals surface area contributed by atoms with E-state index in [2.05, 4.69) is 10.2 Å². The van der Waals surface area contributed by atoms with E-state index in [4.69, 9.17) is 9.15 Å². The predicted octanol–water partition coefficient (Wildman–Crippen LogP) is 4.00. The van der Waals surface area contributed by atoms with Gasteiger partial charge < -0.3 is 24.3 Å². The number of nitrogens with one attached hydrogen (secondary N) is 1. The number of furan rings is 1. The molecule has 1 saturated heterocycles. The second kappa shape index (κ2) is 13.7. The highest BCUT2D eigenvalue weighted by Crippen LogP contribution is 2.16. The maximum Gasteiger partial charge on any atom is 0.322 e. The first-order valence-electron chi connectivity index (χ1n) is 12.6. The van der Waals surface area contributed by atoms with Gasteiger partial charge in [0.2, 0.25) is 5.91 Å². The van der Waals surface area contributed by atoms with E-state index in [1.165, 1.54) is 4.90 Å². The molecule has 10 heteroatoms. The topological polar surface area (TPSA) is 78.3 Å². The number of halogens is 2. The number of ether oxygens (including phenoxy) is 1. The van der Waals surface area contributed by atoms with Crippen molar-refractivity contribution < 1.29 is 27.5 Å². The van der Waals surface area contributed by atoms with Crippen molar-refractivity contribution in [3.05, 3.63) is 89.9 Å². The summed E-state index contributed by atoms with van der Waals surface area (Å²) in [7, 11) is 0. The number of nitrogens with zero attached hydrogens (tertiary/aromatic N) is 3. The molecule has 0 spiro atoms. The smallest absolute Gasteiger partial charge is 0.322 e. The molecule has 1 aliphatic heterocycles. The number of rotatable bonds is 11. The molecule has 3 aromatic rings. The molecule has 0 bridgehead atoms. The third kappa shape index (κ3) is 8.12. The summed E-state index contributed by atoms with van der Waals surface area (Å²) in [6.45, 7) is 3.87. The Morgan fingerprint density at radius 1 is 0.947 bits per heavy atom. The van der Waals surface area contributed by atoms with Crippen LogP contribution in [-0.4, -0.2) is 79.1 Å². The van der Waals surface area contributed by atoms with E-state index in [1.54, 1.807) is 23.3 Å². The third-order valence-corrected chi connectivity index (χ3v) is 6.37. The first-order valence-corrected chi connectivity index (χ1v) is 12.6. The van der Waals surface area contributed by atoms with Crippen molar-refractivity contribution in [2.45, 2.75) is 13.0 Å². The summed E-state index contributed by atoms with van der Waals surface area (Å²) in [6, 6.07) is 15.7. The van der Waals surface area contributed by atoms with Gasteiger partial charge in [-0.1, -0.05) is 30.3 Å². The molecule has 0 saturated carbocycles. The van der Waals surface area contributed by atoms with E-state index in [0.29, 0.717) is 44.6 Å². The van der Waals surface area contributed by atoms with E-state index in [0.717, 1.165) is 30.8 Å². The number of amides is 3. The van der Waals surface area contributed by atoms with Gasteiger partial charge in [0.15, 0.2) is 0 Å². The largest absolute Gasteiger partial charge is 0.467 e. The zero-order valence-electron chi connectivity index (χ0n) is 21.2. The molecule has 1 fully saturated rings. The number of carbonyl (C=O) groups is 2. The van der Waals surface area contributed by atoms with Crippen LogP contribution < -0.4 is 5.32 Å². The molecular weight excluding hydrogens is 494 g/mol. The highest BCUT2D eigenvalue weighted by Gasteiger charge is 2.24. The van der Waals surface area contributed by atoms with Crippen molar-refractivity contribution in [3.8, 4) is 0 Å². The van der Waals surface area contributed by atoms with Crippen LogP contribution in [0.25, 0.3) is 0 Å². The summed E-state index contributed by atoms with van der Waals surface area (Å²) < 4.78 is 38.4. The molecule has 0 radical (unpaired) electrons. The summed E-state index contributed by atoms with van der Waals surface area (Å²) in [5.74, 6) is -1.27. The Hall–Kier alpha value is -3.76. The van der Waals surface area contributed by atoms with Gasteiger partial charge in [0, 0.05) is 38.8 Å². The Labute approximate surface area is 220 Å². The molecule has 0 unspecified atom stereocenters. The van der Waals surface area contributed by atoms with E-state index in [-0.39, 0.29) is 31.2 Å². The lowest BCUT2D eigenvalue weighted by atomic mass is 10.1. The number of urea groups is 1. The van der Waals surface area contributed by atoms with Crippen molar-refractivity contribution >= 4 is 17.6 Å². The van der Waals surface area contributed by atoms with Crippen LogP contribution in [-0.2, 0) is 22.5 Å². The van der Waals surface area contributed by atoms with Crippen LogP contribution in [0.15, 0.2) is 71.3 Å². The number of hydrogen-bond donors (Lipinski definition) is 1. The van der Waals surface area contributed by atoms with Crippen LogP contribution >= 0.6 is 0 Å². The SMILES string of the molecule is O=C(CN(CCN1CCOCC1)C(=O)Nc1ccc(F)cc1F)N(CCc1ccccc1)Cc1ccco1. The first-order chi connectivity index (χ1) is 18.5. The quantitative estimate of drug-likeness (QED) is 0.409. The van der Waals surface area contributed by atoms with Gasteiger partial charge in [-0.2, -0.15) is 0 Å². The molecule has 1 aliphatic rings. The van der Waals surface area contributed by atoms with Gasteiger partial charge in [-0.3, -0.25) is 9.69 Å². The van der Waals surface area contributed by atoms with E-state index >= 15 is 0 Å². The maximum absolute atomic E-state index is 14.2. The predicted molar refractivity (Wildman–Crippen MR) is 138 cm³/mol. The number of hydrogen-bond acceptors (Lipinski definition) is 5. The minimum Gasteiger partial charge on any atom is -0.467 e. The zero-order valence-corrected chi connectivity index (χ0v) is 21.2. The third-order valence-electron chi connectivity index (χ3n) is 6.37. The average molecular weight is 527 g/mol. The van der Waals surface area contributed by atoms with Crippen LogP contribution in [0, 0.1) is 11.6 Å². The number of morpholine rings is 1. The minimum atomic E-state index is -0.889. The van der Waals surface area contributed by atoms with Gasteiger partial charge >= 0.3 is 6.03 Å². The molecule has 202 valence electrons. The molecule has 4 rings (SSSR count). The van der Waals surface area contributed by atoms with Crippen LogP contribution in [0.4, 0.5) is 19.3 Å². The monoisotopic (exact) mass is 526 g/mol. The lowest BCUT2D eigenvalue weighted by Gasteiger charge is -2.31. The standard InChI is InChI=1S/C28H32F2N4O4/c29-23-8-9-26(25(30)19-23)31-28(36)34(13-12-32-14-17-37-18-15-32)21-27(35)33(20-24-7-4-16-38-24)11-10-22-5-2-1-3-6-22/h1-9,16,19H,10-15,17-18,20-21H2,(H,31,36). The van der Waals surface area contributed by atoms with Crippen molar-refractivity contribution in [3.63, 3.8) is 0 Å². The Kier molecular flexibility index (Phi) is 9.83. The second-order valence-corrected chi connectivity index (χ2v) is 9.06. The van der Waals surface area contributed by atoms with Crippen LogP contribution in [0.2, 0.25) is 0 Å². The van der Waals surface area contributed by atoms with E-state index in [1.807, 2.05) is 30.3 Å². The molecule has 0 atom stereocenters. The van der Waals surface area contributed by atoms with Gasteiger partial charge in [-0.05, 0) is 36.2 Å². The van der Waals surface area contributed by atoms with Crippen molar-refractivity contribution in [1.29, 1.82) is 0 Å². The zero-order chi connectivity index (χ0) is 26.7. The van der Waals surface area contributed by atoms with Gasteiger partial charge in [0.05, 0.1) is 31.7 Å². The van der Waals surface area contributed by atoms with Crippen molar-refractivity contribution in [2.24, 2.45) is 0 Å². The Bertz CT molecular complexity index is 1170. The fraction of sp³-hybridized carbons (Fsp3) is 0.357. The number of carbonyl (C=O) groups excluding carboxylic acids is 2. The summed E-state index contributed by atoms with van der Waals surface area (Å²) in [5.41, 5.74) is 0.926. The molecule has 38 heavy (non-hydrogen) atoms. The summed E-state index contributed by atoms with van der Waals surface area (Å²) in [6.07, 6.45) is 2.18. The molecule has 2 aromatic carbocycles. The molecule has 1 N–H and O–H groups in total. The van der Waals surface area contributed by atoms with E-state index < -0.39 is 17.7 Å². The first kappa shape index (κ1) is 27.3.